The van der Waals surface area contributed by atoms with Crippen LogP contribution >= 0.6 is 0 Å². The Balaban J connectivity index is 1.78. The van der Waals surface area contributed by atoms with Crippen molar-refractivity contribution < 1.29 is 0 Å². The molecule has 1 aliphatic rings. The third kappa shape index (κ3) is 3.42. The predicted molar refractivity (Wildman–Crippen MR) is 88.5 cm³/mol. The average molecular weight is 283 g/mol. The van der Waals surface area contributed by atoms with Crippen LogP contribution < -0.4 is 5.32 Å². The van der Waals surface area contributed by atoms with Gasteiger partial charge in [0.2, 0.25) is 0 Å². The highest BCUT2D eigenvalue weighted by molar-refractivity contribution is 5.79. The monoisotopic (exact) mass is 283 g/mol. The zero-order valence-corrected chi connectivity index (χ0v) is 13.1. The zero-order valence-electron chi connectivity index (χ0n) is 13.1. The number of pyridine rings is 1. The first-order valence-electron chi connectivity index (χ1n) is 8.07. The van der Waals surface area contributed by atoms with E-state index in [9.17, 15) is 0 Å². The molecule has 1 unspecified atom stereocenters. The lowest BCUT2D eigenvalue weighted by Gasteiger charge is -2.36. The van der Waals surface area contributed by atoms with Crippen LogP contribution in [0.15, 0.2) is 30.3 Å². The summed E-state index contributed by atoms with van der Waals surface area (Å²) >= 11 is 0. The van der Waals surface area contributed by atoms with E-state index in [4.69, 9.17) is 0 Å². The standard InChI is InChI=1S/C18H25N3/c1-3-4-17-12-19-9-10-21(17)13-15-6-8-18-16(11-15)7-5-14(2)20-18/h5-8,11,17,19H,3-4,9-10,12-13H2,1-2H3. The molecule has 0 aliphatic carbocycles. The maximum atomic E-state index is 4.58. The van der Waals surface area contributed by atoms with Crippen molar-refractivity contribution in [1.82, 2.24) is 15.2 Å². The Morgan fingerprint density at radius 3 is 3.05 bits per heavy atom. The molecule has 112 valence electrons. The molecule has 1 fully saturated rings. The molecule has 0 spiro atoms. The van der Waals surface area contributed by atoms with Gasteiger partial charge in [0.1, 0.15) is 0 Å². The van der Waals surface area contributed by atoms with E-state index in [1.54, 1.807) is 0 Å². The van der Waals surface area contributed by atoms with Crippen LogP contribution in [0.4, 0.5) is 0 Å². The minimum atomic E-state index is 0.676. The highest BCUT2D eigenvalue weighted by Gasteiger charge is 2.21. The van der Waals surface area contributed by atoms with Gasteiger partial charge in [-0.25, -0.2) is 0 Å². The smallest absolute Gasteiger partial charge is 0.0705 e. The SMILES string of the molecule is CCCC1CNCCN1Cc1ccc2nc(C)ccc2c1. The molecule has 21 heavy (non-hydrogen) atoms. The van der Waals surface area contributed by atoms with Gasteiger partial charge in [0.15, 0.2) is 0 Å². The zero-order chi connectivity index (χ0) is 14.7. The maximum Gasteiger partial charge on any atom is 0.0705 e. The Kier molecular flexibility index (Phi) is 4.51. The fourth-order valence-corrected chi connectivity index (χ4v) is 3.24. The van der Waals surface area contributed by atoms with E-state index in [0.717, 1.165) is 37.4 Å². The van der Waals surface area contributed by atoms with E-state index in [1.807, 2.05) is 6.92 Å². The molecule has 3 nitrogen and oxygen atoms in total. The lowest BCUT2D eigenvalue weighted by molar-refractivity contribution is 0.144. The fourth-order valence-electron chi connectivity index (χ4n) is 3.24. The summed E-state index contributed by atoms with van der Waals surface area (Å²) in [7, 11) is 0. The Morgan fingerprint density at radius 1 is 1.29 bits per heavy atom. The van der Waals surface area contributed by atoms with E-state index in [0.29, 0.717) is 6.04 Å². The Hall–Kier alpha value is -1.45. The van der Waals surface area contributed by atoms with Gasteiger partial charge in [-0.2, -0.15) is 0 Å². The first-order chi connectivity index (χ1) is 10.3. The fraction of sp³-hybridized carbons (Fsp3) is 0.500. The number of benzene rings is 1. The molecule has 1 aromatic carbocycles. The first-order valence-corrected chi connectivity index (χ1v) is 8.07. The number of nitrogens with zero attached hydrogens (tertiary/aromatic N) is 2. The molecule has 0 radical (unpaired) electrons. The van der Waals surface area contributed by atoms with Crippen molar-refractivity contribution in [2.75, 3.05) is 19.6 Å². The minimum Gasteiger partial charge on any atom is -0.314 e. The highest BCUT2D eigenvalue weighted by Crippen LogP contribution is 2.18. The number of piperazine rings is 1. The molecule has 2 aromatic rings. The number of rotatable bonds is 4. The summed E-state index contributed by atoms with van der Waals surface area (Å²) in [5.74, 6) is 0. The molecule has 1 aromatic heterocycles. The van der Waals surface area contributed by atoms with Gasteiger partial charge in [-0.3, -0.25) is 9.88 Å². The second-order valence-corrected chi connectivity index (χ2v) is 6.10. The van der Waals surface area contributed by atoms with Crippen molar-refractivity contribution in [3.05, 3.63) is 41.6 Å². The number of aryl methyl sites for hydroxylation is 1. The average Bonchev–Trinajstić information content (AvgIpc) is 2.50. The summed E-state index contributed by atoms with van der Waals surface area (Å²) in [4.78, 5) is 7.21. The van der Waals surface area contributed by atoms with Gasteiger partial charge in [0.25, 0.3) is 0 Å². The van der Waals surface area contributed by atoms with Crippen molar-refractivity contribution in [3.63, 3.8) is 0 Å². The summed E-state index contributed by atoms with van der Waals surface area (Å²) in [6.45, 7) is 8.75. The predicted octanol–water partition coefficient (Wildman–Crippen LogP) is 3.12. The van der Waals surface area contributed by atoms with Crippen LogP contribution in [0.5, 0.6) is 0 Å². The number of aromatic nitrogens is 1. The van der Waals surface area contributed by atoms with Crippen LogP contribution in [-0.2, 0) is 6.54 Å². The van der Waals surface area contributed by atoms with Crippen molar-refractivity contribution in [2.45, 2.75) is 39.3 Å². The van der Waals surface area contributed by atoms with Crippen molar-refractivity contribution >= 4 is 10.9 Å². The van der Waals surface area contributed by atoms with Gasteiger partial charge in [-0.15, -0.1) is 0 Å². The van der Waals surface area contributed by atoms with Crippen LogP contribution in [0.1, 0.15) is 31.0 Å². The van der Waals surface area contributed by atoms with Gasteiger partial charge in [-0.05, 0) is 37.1 Å². The second-order valence-electron chi connectivity index (χ2n) is 6.10. The molecular weight excluding hydrogens is 258 g/mol. The van der Waals surface area contributed by atoms with E-state index in [2.05, 4.69) is 52.5 Å². The molecule has 1 saturated heterocycles. The highest BCUT2D eigenvalue weighted by atomic mass is 15.2. The molecular formula is C18H25N3. The molecule has 0 saturated carbocycles. The lowest BCUT2D eigenvalue weighted by atomic mass is 10.1. The number of nitrogens with one attached hydrogen (secondary N) is 1. The molecule has 2 heterocycles. The van der Waals surface area contributed by atoms with Crippen LogP contribution in [0.2, 0.25) is 0 Å². The topological polar surface area (TPSA) is 28.2 Å². The van der Waals surface area contributed by atoms with Gasteiger partial charge in [0.05, 0.1) is 5.52 Å². The normalized spacial score (nSPS) is 20.0. The molecule has 3 rings (SSSR count). The minimum absolute atomic E-state index is 0.676. The molecule has 1 N–H and O–H groups in total. The van der Waals surface area contributed by atoms with Crippen molar-refractivity contribution in [2.24, 2.45) is 0 Å². The van der Waals surface area contributed by atoms with Gasteiger partial charge in [-0.1, -0.05) is 25.5 Å². The molecule has 0 bridgehead atoms. The van der Waals surface area contributed by atoms with Crippen LogP contribution in [-0.4, -0.2) is 35.6 Å². The third-order valence-corrected chi connectivity index (χ3v) is 4.37. The van der Waals surface area contributed by atoms with Crippen LogP contribution in [0.25, 0.3) is 10.9 Å². The third-order valence-electron chi connectivity index (χ3n) is 4.37. The molecule has 1 atom stereocenters. The number of hydrogen-bond acceptors (Lipinski definition) is 3. The summed E-state index contributed by atoms with van der Waals surface area (Å²) in [6, 6.07) is 11.6. The summed E-state index contributed by atoms with van der Waals surface area (Å²) in [5.41, 5.74) is 3.58. The Bertz CT molecular complexity index is 606. The maximum absolute atomic E-state index is 4.58. The van der Waals surface area contributed by atoms with Gasteiger partial charge >= 0.3 is 0 Å². The quantitative estimate of drug-likeness (QED) is 0.934. The van der Waals surface area contributed by atoms with Gasteiger partial charge < -0.3 is 5.32 Å². The summed E-state index contributed by atoms with van der Waals surface area (Å²) in [6.07, 6.45) is 2.53. The van der Waals surface area contributed by atoms with E-state index in [1.165, 1.54) is 23.8 Å². The Morgan fingerprint density at radius 2 is 2.19 bits per heavy atom. The summed E-state index contributed by atoms with van der Waals surface area (Å²) < 4.78 is 0. The van der Waals surface area contributed by atoms with E-state index < -0.39 is 0 Å². The first kappa shape index (κ1) is 14.5. The molecule has 1 aliphatic heterocycles. The second kappa shape index (κ2) is 6.54. The number of hydrogen-bond donors (Lipinski definition) is 1. The van der Waals surface area contributed by atoms with E-state index in [-0.39, 0.29) is 0 Å². The van der Waals surface area contributed by atoms with Crippen molar-refractivity contribution in [1.29, 1.82) is 0 Å². The molecule has 3 heteroatoms. The van der Waals surface area contributed by atoms with Crippen LogP contribution in [0, 0.1) is 6.92 Å². The summed E-state index contributed by atoms with van der Waals surface area (Å²) in [5, 5.41) is 4.77. The molecule has 0 amide bonds. The van der Waals surface area contributed by atoms with E-state index >= 15 is 0 Å². The lowest BCUT2D eigenvalue weighted by Crippen LogP contribution is -2.50. The van der Waals surface area contributed by atoms with Gasteiger partial charge in [0, 0.05) is 43.3 Å². The van der Waals surface area contributed by atoms with Crippen molar-refractivity contribution in [3.8, 4) is 0 Å². The van der Waals surface area contributed by atoms with Crippen LogP contribution in [0.3, 0.4) is 0 Å². The Labute approximate surface area is 127 Å². The number of fused-ring (bicyclic) bond motifs is 1. The largest absolute Gasteiger partial charge is 0.314 e.